The Labute approximate surface area is 156 Å². The van der Waals surface area contributed by atoms with E-state index in [0.717, 1.165) is 38.3 Å². The van der Waals surface area contributed by atoms with Gasteiger partial charge in [-0.3, -0.25) is 9.69 Å². The third kappa shape index (κ3) is 4.75. The van der Waals surface area contributed by atoms with Crippen LogP contribution in [0.25, 0.3) is 0 Å². The van der Waals surface area contributed by atoms with Gasteiger partial charge in [0.2, 0.25) is 5.91 Å². The van der Waals surface area contributed by atoms with Crippen molar-refractivity contribution in [1.82, 2.24) is 19.6 Å². The van der Waals surface area contributed by atoms with E-state index < -0.39 is 0 Å². The highest BCUT2D eigenvalue weighted by atomic mass is 16.2. The lowest BCUT2D eigenvalue weighted by molar-refractivity contribution is -0.133. The van der Waals surface area contributed by atoms with Crippen molar-refractivity contribution in [2.45, 2.75) is 20.4 Å². The maximum atomic E-state index is 12.6. The molecule has 142 valence electrons. The molecule has 0 aromatic heterocycles. The Bertz CT molecular complexity index is 611. The molecule has 3 amide bonds. The molecular weight excluding hydrogens is 328 g/mol. The molecule has 3 rings (SSSR count). The number of carbonyl (C=O) groups is 2. The molecule has 0 unspecified atom stereocenters. The fraction of sp³-hybridized carbons (Fsp3) is 0.600. The summed E-state index contributed by atoms with van der Waals surface area (Å²) in [6, 6.07) is 9.96. The van der Waals surface area contributed by atoms with Crippen LogP contribution < -0.4 is 0 Å². The summed E-state index contributed by atoms with van der Waals surface area (Å²) in [5.41, 5.74) is 1.12. The number of rotatable bonds is 6. The van der Waals surface area contributed by atoms with Gasteiger partial charge in [0.1, 0.15) is 6.54 Å². The van der Waals surface area contributed by atoms with Crippen molar-refractivity contribution >= 4 is 11.9 Å². The molecule has 1 aromatic carbocycles. The molecule has 0 saturated carbocycles. The van der Waals surface area contributed by atoms with E-state index in [-0.39, 0.29) is 18.5 Å². The van der Waals surface area contributed by atoms with Crippen molar-refractivity contribution in [3.8, 4) is 0 Å². The minimum absolute atomic E-state index is 0.0272. The van der Waals surface area contributed by atoms with Gasteiger partial charge in [0, 0.05) is 52.4 Å². The molecule has 0 spiro atoms. The summed E-state index contributed by atoms with van der Waals surface area (Å²) < 4.78 is 0. The van der Waals surface area contributed by atoms with Gasteiger partial charge in [-0.25, -0.2) is 4.79 Å². The van der Waals surface area contributed by atoms with Crippen LogP contribution in [0.3, 0.4) is 0 Å². The van der Waals surface area contributed by atoms with E-state index in [1.54, 1.807) is 4.90 Å². The Balaban J connectivity index is 1.46. The lowest BCUT2D eigenvalue weighted by Crippen LogP contribution is -2.52. The van der Waals surface area contributed by atoms with Crippen LogP contribution in [0.5, 0.6) is 0 Å². The Morgan fingerprint density at radius 3 is 2.27 bits per heavy atom. The molecule has 2 fully saturated rings. The molecule has 0 atom stereocenters. The molecule has 6 nitrogen and oxygen atoms in total. The molecule has 26 heavy (non-hydrogen) atoms. The number of amides is 3. The Kier molecular flexibility index (Phi) is 6.14. The van der Waals surface area contributed by atoms with Crippen molar-refractivity contribution < 1.29 is 9.59 Å². The summed E-state index contributed by atoms with van der Waals surface area (Å²) in [5.74, 6) is 0.721. The van der Waals surface area contributed by atoms with Gasteiger partial charge in [-0.15, -0.1) is 0 Å². The average Bonchev–Trinajstić information content (AvgIpc) is 2.96. The SMILES string of the molecule is CC(C)CN1CCN(C(=O)CN2CCN(Cc3ccccc3)C2=O)CC1. The molecule has 2 aliphatic heterocycles. The number of urea groups is 1. The van der Waals surface area contributed by atoms with Crippen molar-refractivity contribution in [2.75, 3.05) is 52.4 Å². The second kappa shape index (κ2) is 8.54. The van der Waals surface area contributed by atoms with E-state index in [4.69, 9.17) is 0 Å². The third-order valence-corrected chi connectivity index (χ3v) is 5.07. The van der Waals surface area contributed by atoms with E-state index >= 15 is 0 Å². The number of nitrogens with zero attached hydrogens (tertiary/aromatic N) is 4. The predicted octanol–water partition coefficient (Wildman–Crippen LogP) is 1.72. The molecule has 0 bridgehead atoms. The van der Waals surface area contributed by atoms with Crippen LogP contribution in [0.2, 0.25) is 0 Å². The molecule has 0 N–H and O–H groups in total. The Morgan fingerprint density at radius 2 is 1.62 bits per heavy atom. The topological polar surface area (TPSA) is 47.1 Å². The second-order valence-corrected chi connectivity index (χ2v) is 7.69. The van der Waals surface area contributed by atoms with Gasteiger partial charge in [-0.05, 0) is 11.5 Å². The van der Waals surface area contributed by atoms with E-state index in [1.807, 2.05) is 40.1 Å². The molecule has 1 aromatic rings. The monoisotopic (exact) mass is 358 g/mol. The number of carbonyl (C=O) groups excluding carboxylic acids is 2. The summed E-state index contributed by atoms with van der Waals surface area (Å²) in [7, 11) is 0. The van der Waals surface area contributed by atoms with Gasteiger partial charge >= 0.3 is 6.03 Å². The summed E-state index contributed by atoms with van der Waals surface area (Å²) >= 11 is 0. The highest BCUT2D eigenvalue weighted by molar-refractivity contribution is 5.85. The van der Waals surface area contributed by atoms with E-state index in [0.29, 0.717) is 25.6 Å². The Hall–Kier alpha value is -2.08. The molecule has 0 radical (unpaired) electrons. The highest BCUT2D eigenvalue weighted by Crippen LogP contribution is 2.14. The predicted molar refractivity (Wildman–Crippen MR) is 102 cm³/mol. The van der Waals surface area contributed by atoms with E-state index in [9.17, 15) is 9.59 Å². The normalized spacial score (nSPS) is 18.9. The van der Waals surface area contributed by atoms with Crippen LogP contribution in [0.15, 0.2) is 30.3 Å². The van der Waals surface area contributed by atoms with E-state index in [1.165, 1.54) is 0 Å². The number of piperazine rings is 1. The van der Waals surface area contributed by atoms with Crippen LogP contribution in [-0.2, 0) is 11.3 Å². The van der Waals surface area contributed by atoms with Gasteiger partial charge in [-0.2, -0.15) is 0 Å². The smallest absolute Gasteiger partial charge is 0.320 e. The standard InChI is InChI=1S/C20H30N4O2/c1-17(2)14-21-8-10-22(11-9-21)19(25)16-24-13-12-23(20(24)26)15-18-6-4-3-5-7-18/h3-7,17H,8-16H2,1-2H3. The molecule has 0 aliphatic carbocycles. The maximum absolute atomic E-state index is 12.6. The summed E-state index contributed by atoms with van der Waals surface area (Å²) in [6.45, 7) is 11.0. The van der Waals surface area contributed by atoms with Crippen molar-refractivity contribution in [3.63, 3.8) is 0 Å². The zero-order valence-electron chi connectivity index (χ0n) is 15.9. The number of benzene rings is 1. The lowest BCUT2D eigenvalue weighted by Gasteiger charge is -2.36. The number of hydrogen-bond donors (Lipinski definition) is 0. The maximum Gasteiger partial charge on any atom is 0.320 e. The largest absolute Gasteiger partial charge is 0.339 e. The van der Waals surface area contributed by atoms with Crippen LogP contribution in [0.4, 0.5) is 4.79 Å². The minimum atomic E-state index is -0.0272. The molecule has 2 saturated heterocycles. The third-order valence-electron chi connectivity index (χ3n) is 5.07. The minimum Gasteiger partial charge on any atom is -0.339 e. The summed E-state index contributed by atoms with van der Waals surface area (Å²) in [6.07, 6.45) is 0. The average molecular weight is 358 g/mol. The molecular formula is C20H30N4O2. The molecule has 6 heteroatoms. The van der Waals surface area contributed by atoms with Crippen molar-refractivity contribution in [3.05, 3.63) is 35.9 Å². The summed E-state index contributed by atoms with van der Waals surface area (Å²) in [5, 5.41) is 0. The van der Waals surface area contributed by atoms with Crippen molar-refractivity contribution in [2.24, 2.45) is 5.92 Å². The van der Waals surface area contributed by atoms with Gasteiger partial charge in [0.15, 0.2) is 0 Å². The molecule has 2 heterocycles. The first-order valence-electron chi connectivity index (χ1n) is 9.61. The van der Waals surface area contributed by atoms with Crippen LogP contribution in [0.1, 0.15) is 19.4 Å². The van der Waals surface area contributed by atoms with Crippen LogP contribution in [0, 0.1) is 5.92 Å². The van der Waals surface area contributed by atoms with Crippen molar-refractivity contribution in [1.29, 1.82) is 0 Å². The first-order valence-corrected chi connectivity index (χ1v) is 9.61. The quantitative estimate of drug-likeness (QED) is 0.778. The van der Waals surface area contributed by atoms with E-state index in [2.05, 4.69) is 18.7 Å². The zero-order chi connectivity index (χ0) is 18.5. The first-order chi connectivity index (χ1) is 12.5. The molecule has 2 aliphatic rings. The van der Waals surface area contributed by atoms with Crippen LogP contribution >= 0.6 is 0 Å². The zero-order valence-corrected chi connectivity index (χ0v) is 15.9. The highest BCUT2D eigenvalue weighted by Gasteiger charge is 2.31. The first kappa shape index (κ1) is 18.7. The van der Waals surface area contributed by atoms with Crippen LogP contribution in [-0.4, -0.2) is 83.9 Å². The fourth-order valence-electron chi connectivity index (χ4n) is 3.69. The number of hydrogen-bond acceptors (Lipinski definition) is 3. The second-order valence-electron chi connectivity index (χ2n) is 7.69. The van der Waals surface area contributed by atoms with Gasteiger partial charge in [0.05, 0.1) is 0 Å². The lowest BCUT2D eigenvalue weighted by atomic mass is 10.2. The van der Waals surface area contributed by atoms with Gasteiger partial charge in [-0.1, -0.05) is 44.2 Å². The Morgan fingerprint density at radius 1 is 0.962 bits per heavy atom. The van der Waals surface area contributed by atoms with Gasteiger partial charge < -0.3 is 14.7 Å². The summed E-state index contributed by atoms with van der Waals surface area (Å²) in [4.78, 5) is 33.0. The van der Waals surface area contributed by atoms with Gasteiger partial charge in [0.25, 0.3) is 0 Å². The fourth-order valence-corrected chi connectivity index (χ4v) is 3.69.